The van der Waals surface area contributed by atoms with Crippen molar-refractivity contribution in [1.82, 2.24) is 20.1 Å². The van der Waals surface area contributed by atoms with E-state index in [0.717, 1.165) is 29.1 Å². The molecule has 0 spiro atoms. The van der Waals surface area contributed by atoms with E-state index in [9.17, 15) is 4.79 Å². The molecule has 1 amide bonds. The lowest BCUT2D eigenvalue weighted by Gasteiger charge is -2.09. The van der Waals surface area contributed by atoms with E-state index in [1.165, 1.54) is 0 Å². The Morgan fingerprint density at radius 1 is 1.21 bits per heavy atom. The average Bonchev–Trinajstić information content (AvgIpc) is 3.07. The maximum atomic E-state index is 12.2. The van der Waals surface area contributed by atoms with Crippen molar-refractivity contribution in [2.75, 3.05) is 13.2 Å². The van der Waals surface area contributed by atoms with E-state index in [4.69, 9.17) is 17.0 Å². The van der Waals surface area contributed by atoms with Crippen LogP contribution in [0.4, 0.5) is 0 Å². The van der Waals surface area contributed by atoms with Gasteiger partial charge in [-0.25, -0.2) is 0 Å². The van der Waals surface area contributed by atoms with Crippen LogP contribution in [0.1, 0.15) is 18.4 Å². The number of aromatic amines is 1. The van der Waals surface area contributed by atoms with Gasteiger partial charge in [-0.1, -0.05) is 42.0 Å². The standard InChI is InChI=1S/C21H24N4O2S/c1-16-7-5-8-17(15-16)20-23-24-21(28)25(20)13-11-19(26)22-12-6-14-27-18-9-3-2-4-10-18/h2-5,7-10,15H,6,11-14H2,1H3,(H,22,26)(H,24,28). The smallest absolute Gasteiger partial charge is 0.221 e. The van der Waals surface area contributed by atoms with E-state index in [1.54, 1.807) is 0 Å². The van der Waals surface area contributed by atoms with Crippen molar-refractivity contribution < 1.29 is 9.53 Å². The Balaban J connectivity index is 1.45. The average molecular weight is 397 g/mol. The fraction of sp³-hybridized carbons (Fsp3) is 0.286. The molecule has 3 aromatic rings. The van der Waals surface area contributed by atoms with Crippen molar-refractivity contribution in [3.8, 4) is 17.1 Å². The minimum Gasteiger partial charge on any atom is -0.494 e. The predicted molar refractivity (Wildman–Crippen MR) is 112 cm³/mol. The molecule has 0 saturated heterocycles. The Morgan fingerprint density at radius 2 is 2.04 bits per heavy atom. The van der Waals surface area contributed by atoms with Crippen LogP contribution in [0.25, 0.3) is 11.4 Å². The highest BCUT2D eigenvalue weighted by Crippen LogP contribution is 2.18. The van der Waals surface area contributed by atoms with E-state index >= 15 is 0 Å². The maximum Gasteiger partial charge on any atom is 0.221 e. The van der Waals surface area contributed by atoms with Gasteiger partial charge in [0.25, 0.3) is 0 Å². The normalized spacial score (nSPS) is 10.6. The number of hydrogen-bond donors (Lipinski definition) is 2. The van der Waals surface area contributed by atoms with Crippen molar-refractivity contribution in [2.24, 2.45) is 0 Å². The predicted octanol–water partition coefficient (Wildman–Crippen LogP) is 3.89. The molecule has 2 aromatic carbocycles. The first-order valence-electron chi connectivity index (χ1n) is 9.30. The maximum absolute atomic E-state index is 12.2. The number of carbonyl (C=O) groups excluding carboxylic acids is 1. The molecule has 146 valence electrons. The number of carbonyl (C=O) groups is 1. The van der Waals surface area contributed by atoms with Gasteiger partial charge in [-0.15, -0.1) is 0 Å². The quantitative estimate of drug-likeness (QED) is 0.425. The van der Waals surface area contributed by atoms with Gasteiger partial charge in [0.2, 0.25) is 5.91 Å². The number of aryl methyl sites for hydroxylation is 1. The molecule has 0 saturated carbocycles. The molecule has 7 heteroatoms. The molecule has 1 heterocycles. The van der Waals surface area contributed by atoms with Crippen LogP contribution in [-0.4, -0.2) is 33.8 Å². The summed E-state index contributed by atoms with van der Waals surface area (Å²) in [4.78, 5) is 12.2. The highest BCUT2D eigenvalue weighted by molar-refractivity contribution is 7.71. The third-order valence-electron chi connectivity index (χ3n) is 4.25. The lowest BCUT2D eigenvalue weighted by molar-refractivity contribution is -0.121. The van der Waals surface area contributed by atoms with Crippen LogP contribution in [-0.2, 0) is 11.3 Å². The molecular weight excluding hydrogens is 372 g/mol. The molecule has 1 aromatic heterocycles. The number of para-hydroxylation sites is 1. The zero-order valence-corrected chi connectivity index (χ0v) is 16.7. The van der Waals surface area contributed by atoms with Gasteiger partial charge in [0, 0.05) is 25.1 Å². The summed E-state index contributed by atoms with van der Waals surface area (Å²) >= 11 is 5.32. The van der Waals surface area contributed by atoms with Gasteiger partial charge >= 0.3 is 0 Å². The van der Waals surface area contributed by atoms with Crippen molar-refractivity contribution in [3.63, 3.8) is 0 Å². The number of aromatic nitrogens is 3. The summed E-state index contributed by atoms with van der Waals surface area (Å²) in [6.07, 6.45) is 1.09. The fourth-order valence-corrected chi connectivity index (χ4v) is 3.06. The molecule has 0 aliphatic rings. The van der Waals surface area contributed by atoms with Gasteiger partial charge in [0.05, 0.1) is 6.61 Å². The number of ether oxygens (including phenoxy) is 1. The fourth-order valence-electron chi connectivity index (χ4n) is 2.84. The Kier molecular flexibility index (Phi) is 6.97. The number of H-pyrrole nitrogens is 1. The number of amides is 1. The van der Waals surface area contributed by atoms with E-state index in [1.807, 2.05) is 66.1 Å². The van der Waals surface area contributed by atoms with Crippen LogP contribution < -0.4 is 10.1 Å². The van der Waals surface area contributed by atoms with Crippen LogP contribution in [0.2, 0.25) is 0 Å². The van der Waals surface area contributed by atoms with Crippen molar-refractivity contribution in [3.05, 3.63) is 64.9 Å². The highest BCUT2D eigenvalue weighted by atomic mass is 32.1. The van der Waals surface area contributed by atoms with Gasteiger partial charge in [-0.3, -0.25) is 14.5 Å². The van der Waals surface area contributed by atoms with Gasteiger partial charge in [-0.05, 0) is 43.8 Å². The van der Waals surface area contributed by atoms with Crippen molar-refractivity contribution in [1.29, 1.82) is 0 Å². The Morgan fingerprint density at radius 3 is 2.82 bits per heavy atom. The third kappa shape index (κ3) is 5.53. The molecule has 0 radical (unpaired) electrons. The number of hydrogen-bond acceptors (Lipinski definition) is 4. The zero-order valence-electron chi connectivity index (χ0n) is 15.9. The molecule has 28 heavy (non-hydrogen) atoms. The molecular formula is C21H24N4O2S. The Hall–Kier alpha value is -2.93. The van der Waals surface area contributed by atoms with Crippen LogP contribution in [0.5, 0.6) is 5.75 Å². The number of nitrogens with one attached hydrogen (secondary N) is 2. The van der Waals surface area contributed by atoms with E-state index in [2.05, 4.69) is 15.5 Å². The van der Waals surface area contributed by atoms with Crippen LogP contribution in [0.15, 0.2) is 54.6 Å². The molecule has 0 aliphatic carbocycles. The van der Waals surface area contributed by atoms with Gasteiger partial charge < -0.3 is 10.1 Å². The monoisotopic (exact) mass is 396 g/mol. The number of benzene rings is 2. The largest absolute Gasteiger partial charge is 0.494 e. The second-order valence-electron chi connectivity index (χ2n) is 6.49. The first-order chi connectivity index (χ1) is 13.6. The molecule has 0 fully saturated rings. The highest BCUT2D eigenvalue weighted by Gasteiger charge is 2.10. The van der Waals surface area contributed by atoms with E-state index in [-0.39, 0.29) is 5.91 Å². The van der Waals surface area contributed by atoms with Crippen LogP contribution >= 0.6 is 12.2 Å². The second-order valence-corrected chi connectivity index (χ2v) is 6.88. The van der Waals surface area contributed by atoms with Crippen molar-refractivity contribution in [2.45, 2.75) is 26.3 Å². The lowest BCUT2D eigenvalue weighted by Crippen LogP contribution is -2.26. The minimum atomic E-state index is -0.0157. The molecule has 0 atom stereocenters. The van der Waals surface area contributed by atoms with Crippen LogP contribution in [0, 0.1) is 11.7 Å². The van der Waals surface area contributed by atoms with Gasteiger partial charge in [0.1, 0.15) is 5.75 Å². The third-order valence-corrected chi connectivity index (χ3v) is 4.56. The van der Waals surface area contributed by atoms with E-state index in [0.29, 0.717) is 30.9 Å². The summed E-state index contributed by atoms with van der Waals surface area (Å²) in [5.41, 5.74) is 2.12. The Bertz CT molecular complexity index is 966. The summed E-state index contributed by atoms with van der Waals surface area (Å²) in [7, 11) is 0. The molecule has 0 unspecified atom stereocenters. The van der Waals surface area contributed by atoms with E-state index < -0.39 is 0 Å². The number of rotatable bonds is 9. The molecule has 2 N–H and O–H groups in total. The van der Waals surface area contributed by atoms with Gasteiger partial charge in [-0.2, -0.15) is 5.10 Å². The molecule has 3 rings (SSSR count). The summed E-state index contributed by atoms with van der Waals surface area (Å²) in [5.74, 6) is 1.57. The molecule has 0 bridgehead atoms. The SMILES string of the molecule is Cc1cccc(-c2n[nH]c(=S)n2CCC(=O)NCCCOc2ccccc2)c1. The second kappa shape index (κ2) is 9.85. The zero-order chi connectivity index (χ0) is 19.8. The summed E-state index contributed by atoms with van der Waals surface area (Å²) in [6, 6.07) is 17.7. The number of nitrogens with zero attached hydrogens (tertiary/aromatic N) is 2. The molecule has 6 nitrogen and oxygen atoms in total. The van der Waals surface area contributed by atoms with Gasteiger partial charge in [0.15, 0.2) is 10.6 Å². The summed E-state index contributed by atoms with van der Waals surface area (Å²) in [6.45, 7) is 3.65. The summed E-state index contributed by atoms with van der Waals surface area (Å²) < 4.78 is 7.99. The topological polar surface area (TPSA) is 71.9 Å². The summed E-state index contributed by atoms with van der Waals surface area (Å²) in [5, 5.41) is 10.1. The van der Waals surface area contributed by atoms with Crippen molar-refractivity contribution >= 4 is 18.1 Å². The first-order valence-corrected chi connectivity index (χ1v) is 9.71. The first kappa shape index (κ1) is 19.8. The lowest BCUT2D eigenvalue weighted by atomic mass is 10.1. The minimum absolute atomic E-state index is 0.0157. The van der Waals surface area contributed by atoms with Crippen LogP contribution in [0.3, 0.4) is 0 Å². The Labute approximate surface area is 169 Å². The molecule has 0 aliphatic heterocycles.